The molecule has 5 rings (SSSR count). The fourth-order valence-corrected chi connectivity index (χ4v) is 5.34. The Kier molecular flexibility index (Phi) is 3.44. The molecule has 4 heterocycles. The van der Waals surface area contributed by atoms with Gasteiger partial charge < -0.3 is 4.90 Å². The molecule has 0 radical (unpaired) electrons. The first-order chi connectivity index (χ1) is 11.9. The van der Waals surface area contributed by atoms with Crippen LogP contribution in [0.2, 0.25) is 0 Å². The van der Waals surface area contributed by atoms with Gasteiger partial charge in [-0.1, -0.05) is 25.8 Å². The zero-order valence-corrected chi connectivity index (χ0v) is 14.9. The Morgan fingerprint density at radius 1 is 1.21 bits per heavy atom. The molecule has 1 aromatic heterocycles. The Hall–Kier alpha value is -1.75. The van der Waals surface area contributed by atoms with E-state index >= 15 is 0 Å². The number of azo groups is 1. The van der Waals surface area contributed by atoms with Crippen molar-refractivity contribution in [2.75, 3.05) is 6.54 Å². The van der Waals surface area contributed by atoms with Crippen LogP contribution < -0.4 is 0 Å². The van der Waals surface area contributed by atoms with Crippen LogP contribution in [-0.4, -0.2) is 23.3 Å². The van der Waals surface area contributed by atoms with Crippen LogP contribution in [0.25, 0.3) is 5.70 Å². The van der Waals surface area contributed by atoms with E-state index in [-0.39, 0.29) is 0 Å². The third-order valence-electron chi connectivity index (χ3n) is 5.74. The van der Waals surface area contributed by atoms with Crippen molar-refractivity contribution in [2.24, 2.45) is 21.1 Å². The predicted octanol–water partition coefficient (Wildman–Crippen LogP) is 5.22. The Morgan fingerprint density at radius 2 is 2.04 bits per heavy atom. The molecule has 5 heteroatoms. The highest BCUT2D eigenvalue weighted by Gasteiger charge is 2.42. The maximum Gasteiger partial charge on any atom is 0.113 e. The van der Waals surface area contributed by atoms with E-state index in [9.17, 15) is 0 Å². The number of aliphatic imine (C=N–C) groups is 1. The van der Waals surface area contributed by atoms with Crippen molar-refractivity contribution in [3.8, 4) is 0 Å². The van der Waals surface area contributed by atoms with Crippen LogP contribution in [0.4, 0.5) is 0 Å². The van der Waals surface area contributed by atoms with Gasteiger partial charge in [0.05, 0.1) is 16.6 Å². The smallest absolute Gasteiger partial charge is 0.113 e. The maximum absolute atomic E-state index is 5.14. The molecule has 1 fully saturated rings. The summed E-state index contributed by atoms with van der Waals surface area (Å²) < 4.78 is 0. The van der Waals surface area contributed by atoms with Crippen molar-refractivity contribution in [1.82, 2.24) is 4.90 Å². The summed E-state index contributed by atoms with van der Waals surface area (Å²) in [6.45, 7) is 3.25. The fraction of sp³-hybridized carbons (Fsp3) is 0.526. The fourth-order valence-electron chi connectivity index (χ4n) is 4.60. The number of hydrogen-bond donors (Lipinski definition) is 0. The largest absolute Gasteiger partial charge is 0.329 e. The van der Waals surface area contributed by atoms with Crippen LogP contribution in [0.15, 0.2) is 49.7 Å². The monoisotopic (exact) mass is 338 g/mol. The maximum atomic E-state index is 5.14. The second kappa shape index (κ2) is 5.66. The van der Waals surface area contributed by atoms with E-state index in [0.717, 1.165) is 30.8 Å². The van der Waals surface area contributed by atoms with Crippen molar-refractivity contribution < 1.29 is 0 Å². The van der Waals surface area contributed by atoms with Gasteiger partial charge in [0, 0.05) is 18.5 Å². The summed E-state index contributed by atoms with van der Waals surface area (Å²) in [4.78, 5) is 8.84. The highest BCUT2D eigenvalue weighted by molar-refractivity contribution is 7.11. The summed E-state index contributed by atoms with van der Waals surface area (Å²) in [7, 11) is 0. The molecule has 1 saturated carbocycles. The standard InChI is InChI=1S/C19H22N4S/c1-2-15-20-16(12-6-3-4-7-12)19-18-13(9-10-23(15)19)17(21-22-18)14-8-5-11-24-14/h5,8,11-12,16H,2-4,6-7,9-10H2,1H3. The molecule has 24 heavy (non-hydrogen) atoms. The molecule has 4 aliphatic rings. The van der Waals surface area contributed by atoms with Gasteiger partial charge in [0.25, 0.3) is 0 Å². The lowest BCUT2D eigenvalue weighted by molar-refractivity contribution is 0.411. The molecule has 1 aromatic rings. The van der Waals surface area contributed by atoms with Crippen LogP contribution in [-0.2, 0) is 0 Å². The third kappa shape index (κ3) is 2.07. The molecule has 0 N–H and O–H groups in total. The summed E-state index contributed by atoms with van der Waals surface area (Å²) >= 11 is 1.76. The molecule has 0 spiro atoms. The van der Waals surface area contributed by atoms with Crippen molar-refractivity contribution in [2.45, 2.75) is 51.5 Å². The second-order valence-electron chi connectivity index (χ2n) is 7.03. The highest BCUT2D eigenvalue weighted by atomic mass is 32.1. The predicted molar refractivity (Wildman–Crippen MR) is 97.9 cm³/mol. The topological polar surface area (TPSA) is 40.3 Å². The number of fused-ring (bicyclic) bond motifs is 2. The van der Waals surface area contributed by atoms with Gasteiger partial charge >= 0.3 is 0 Å². The molecule has 0 saturated heterocycles. The molecular weight excluding hydrogens is 316 g/mol. The van der Waals surface area contributed by atoms with Crippen LogP contribution in [0.3, 0.4) is 0 Å². The van der Waals surface area contributed by atoms with Crippen LogP contribution in [0, 0.1) is 5.92 Å². The Bertz CT molecular complexity index is 778. The van der Waals surface area contributed by atoms with Gasteiger partial charge in [0.15, 0.2) is 0 Å². The minimum atomic E-state index is 0.314. The van der Waals surface area contributed by atoms with Gasteiger partial charge in [-0.05, 0) is 36.6 Å². The highest BCUT2D eigenvalue weighted by Crippen LogP contribution is 2.47. The SMILES string of the molecule is CCC1=NC(C2CCCC2)C2=C3N=NC(c4cccs4)=C3CCN12. The van der Waals surface area contributed by atoms with E-state index in [2.05, 4.69) is 39.6 Å². The quantitative estimate of drug-likeness (QED) is 0.744. The molecule has 0 amide bonds. The summed E-state index contributed by atoms with van der Waals surface area (Å²) in [6, 6.07) is 4.57. The number of nitrogens with zero attached hydrogens (tertiary/aromatic N) is 4. The molecule has 1 aliphatic carbocycles. The Labute approximate surface area is 146 Å². The first-order valence-electron chi connectivity index (χ1n) is 9.14. The first kappa shape index (κ1) is 14.6. The summed E-state index contributed by atoms with van der Waals surface area (Å²) in [6.07, 6.45) is 7.35. The van der Waals surface area contributed by atoms with Gasteiger partial charge in [-0.15, -0.1) is 21.6 Å². The van der Waals surface area contributed by atoms with E-state index in [0.29, 0.717) is 12.0 Å². The number of hydrogen-bond acceptors (Lipinski definition) is 5. The van der Waals surface area contributed by atoms with Crippen molar-refractivity contribution in [1.29, 1.82) is 0 Å². The molecule has 4 nitrogen and oxygen atoms in total. The number of thiophene rings is 1. The van der Waals surface area contributed by atoms with E-state index in [1.807, 2.05) is 0 Å². The molecule has 0 aromatic carbocycles. The minimum Gasteiger partial charge on any atom is -0.329 e. The molecule has 1 atom stereocenters. The van der Waals surface area contributed by atoms with E-state index in [1.54, 1.807) is 11.3 Å². The lowest BCUT2D eigenvalue weighted by Crippen LogP contribution is -2.34. The normalized spacial score (nSPS) is 26.5. The molecule has 124 valence electrons. The van der Waals surface area contributed by atoms with Gasteiger partial charge in [-0.3, -0.25) is 4.99 Å². The van der Waals surface area contributed by atoms with Crippen LogP contribution >= 0.6 is 11.3 Å². The average molecular weight is 338 g/mol. The van der Waals surface area contributed by atoms with Crippen molar-refractivity contribution in [3.63, 3.8) is 0 Å². The Balaban J connectivity index is 1.62. The van der Waals surface area contributed by atoms with Gasteiger partial charge in [-0.2, -0.15) is 0 Å². The van der Waals surface area contributed by atoms with E-state index in [1.165, 1.54) is 47.7 Å². The first-order valence-corrected chi connectivity index (χ1v) is 10.0. The van der Waals surface area contributed by atoms with E-state index < -0.39 is 0 Å². The Morgan fingerprint density at radius 3 is 2.79 bits per heavy atom. The molecular formula is C19H22N4S. The van der Waals surface area contributed by atoms with Crippen LogP contribution in [0.5, 0.6) is 0 Å². The van der Waals surface area contributed by atoms with Crippen molar-refractivity contribution in [3.05, 3.63) is 39.4 Å². The summed E-state index contributed by atoms with van der Waals surface area (Å²) in [5, 5.41) is 11.3. The average Bonchev–Trinajstić information content (AvgIpc) is 3.38. The van der Waals surface area contributed by atoms with Gasteiger partial charge in [-0.25, -0.2) is 0 Å². The zero-order valence-electron chi connectivity index (χ0n) is 14.0. The van der Waals surface area contributed by atoms with E-state index in [4.69, 9.17) is 4.99 Å². The third-order valence-corrected chi connectivity index (χ3v) is 6.61. The zero-order chi connectivity index (χ0) is 16.1. The van der Waals surface area contributed by atoms with Gasteiger partial charge in [0.2, 0.25) is 0 Å². The van der Waals surface area contributed by atoms with Crippen molar-refractivity contribution >= 4 is 22.9 Å². The van der Waals surface area contributed by atoms with Crippen LogP contribution in [0.1, 0.15) is 50.3 Å². The lowest BCUT2D eigenvalue weighted by Gasteiger charge is -2.31. The number of amidine groups is 1. The second-order valence-corrected chi connectivity index (χ2v) is 7.98. The number of rotatable bonds is 3. The number of allylic oxidation sites excluding steroid dienone is 1. The summed E-state index contributed by atoms with van der Waals surface area (Å²) in [5.74, 6) is 1.95. The molecule has 3 aliphatic heterocycles. The lowest BCUT2D eigenvalue weighted by atomic mass is 9.90. The summed E-state index contributed by atoms with van der Waals surface area (Å²) in [5.41, 5.74) is 4.94. The van der Waals surface area contributed by atoms with Gasteiger partial charge in [0.1, 0.15) is 17.2 Å². The molecule has 1 unspecified atom stereocenters. The molecule has 0 bridgehead atoms. The minimum absolute atomic E-state index is 0.314.